The Morgan fingerprint density at radius 2 is 1.78 bits per heavy atom. The third-order valence-corrected chi connectivity index (χ3v) is 5.22. The van der Waals surface area contributed by atoms with Crippen LogP contribution in [0.3, 0.4) is 0 Å². The molecule has 6 heteroatoms. The highest BCUT2D eigenvalue weighted by molar-refractivity contribution is 5.77. The fourth-order valence-electron chi connectivity index (χ4n) is 3.69. The van der Waals surface area contributed by atoms with E-state index in [1.54, 1.807) is 0 Å². The molecular weight excluding hydrogens is 294 g/mol. The number of aromatic nitrogens is 2. The van der Waals surface area contributed by atoms with Crippen LogP contribution in [0.4, 0.5) is 0 Å². The first-order valence-corrected chi connectivity index (χ1v) is 8.69. The quantitative estimate of drug-likeness (QED) is 0.893. The molecular formula is C17H25N3O3. The molecule has 1 N–H and O–H groups in total. The molecule has 0 atom stereocenters. The van der Waals surface area contributed by atoms with E-state index in [2.05, 4.69) is 11.9 Å². The van der Waals surface area contributed by atoms with Gasteiger partial charge >= 0.3 is 5.69 Å². The Balaban J connectivity index is 1.70. The summed E-state index contributed by atoms with van der Waals surface area (Å²) in [6.07, 6.45) is 9.28. The Bertz CT molecular complexity index is 666. The number of nitrogens with one attached hydrogen (secondary N) is 1. The van der Waals surface area contributed by atoms with Gasteiger partial charge in [0.1, 0.15) is 6.54 Å². The van der Waals surface area contributed by atoms with Crippen LogP contribution in [0.2, 0.25) is 0 Å². The van der Waals surface area contributed by atoms with Crippen LogP contribution >= 0.6 is 0 Å². The minimum Gasteiger partial charge on any atom is -0.335 e. The van der Waals surface area contributed by atoms with Crippen molar-refractivity contribution in [2.24, 2.45) is 5.92 Å². The van der Waals surface area contributed by atoms with Crippen molar-refractivity contribution in [3.8, 4) is 0 Å². The third-order valence-electron chi connectivity index (χ3n) is 5.22. The molecule has 0 saturated heterocycles. The number of carbonyl (C=O) groups excluding carboxylic acids is 1. The molecule has 2 saturated carbocycles. The number of rotatable bonds is 5. The van der Waals surface area contributed by atoms with Crippen LogP contribution in [-0.4, -0.2) is 32.4 Å². The standard InChI is InChI=1S/C17H25N3O3/c1-2-12-3-5-13(6-4-12)20(14-7-8-14)16(22)11-19-10-9-15(21)18-17(19)23/h9-10,12-14H,2-8,11H2,1H3,(H,18,21,23). The number of carbonyl (C=O) groups is 1. The fourth-order valence-corrected chi connectivity index (χ4v) is 3.69. The third kappa shape index (κ3) is 3.74. The summed E-state index contributed by atoms with van der Waals surface area (Å²) in [5, 5.41) is 0. The Morgan fingerprint density at radius 3 is 2.30 bits per heavy atom. The normalized spacial score (nSPS) is 24.4. The largest absolute Gasteiger partial charge is 0.335 e. The van der Waals surface area contributed by atoms with E-state index in [0.717, 1.165) is 31.6 Å². The molecule has 1 aromatic rings. The SMILES string of the molecule is CCC1CCC(N(C(=O)Cn2ccc(=O)[nH]c2=O)C2CC2)CC1. The van der Waals surface area contributed by atoms with Gasteiger partial charge in [0.05, 0.1) is 0 Å². The van der Waals surface area contributed by atoms with Gasteiger partial charge in [-0.1, -0.05) is 13.3 Å². The average molecular weight is 319 g/mol. The zero-order chi connectivity index (χ0) is 16.4. The molecule has 6 nitrogen and oxygen atoms in total. The maximum Gasteiger partial charge on any atom is 0.328 e. The van der Waals surface area contributed by atoms with E-state index in [0.29, 0.717) is 12.1 Å². The molecule has 0 bridgehead atoms. The molecule has 2 fully saturated rings. The van der Waals surface area contributed by atoms with Crippen molar-refractivity contribution in [3.05, 3.63) is 33.1 Å². The maximum atomic E-state index is 12.8. The number of aromatic amines is 1. The molecule has 0 radical (unpaired) electrons. The predicted molar refractivity (Wildman–Crippen MR) is 87.2 cm³/mol. The fraction of sp³-hybridized carbons (Fsp3) is 0.706. The molecule has 126 valence electrons. The van der Waals surface area contributed by atoms with E-state index in [-0.39, 0.29) is 12.5 Å². The minimum atomic E-state index is -0.517. The number of H-pyrrole nitrogens is 1. The van der Waals surface area contributed by atoms with Crippen LogP contribution in [0.15, 0.2) is 21.9 Å². The van der Waals surface area contributed by atoms with Crippen molar-refractivity contribution in [1.82, 2.24) is 14.5 Å². The second-order valence-electron chi connectivity index (χ2n) is 6.85. The lowest BCUT2D eigenvalue weighted by atomic mass is 9.84. The highest BCUT2D eigenvalue weighted by atomic mass is 16.2. The van der Waals surface area contributed by atoms with Gasteiger partial charge in [0.25, 0.3) is 5.56 Å². The maximum absolute atomic E-state index is 12.8. The molecule has 0 aliphatic heterocycles. The molecule has 0 unspecified atom stereocenters. The van der Waals surface area contributed by atoms with Gasteiger partial charge in [0.2, 0.25) is 5.91 Å². The Hall–Kier alpha value is -1.85. The number of amides is 1. The Labute approximate surface area is 135 Å². The molecule has 0 spiro atoms. The summed E-state index contributed by atoms with van der Waals surface area (Å²) in [5.74, 6) is 0.797. The average Bonchev–Trinajstić information content (AvgIpc) is 3.36. The van der Waals surface area contributed by atoms with Gasteiger partial charge in [-0.25, -0.2) is 4.79 Å². The van der Waals surface area contributed by atoms with Crippen LogP contribution in [0.25, 0.3) is 0 Å². The summed E-state index contributed by atoms with van der Waals surface area (Å²) in [6.45, 7) is 2.25. The highest BCUT2D eigenvalue weighted by Crippen LogP contribution is 2.36. The van der Waals surface area contributed by atoms with E-state index in [4.69, 9.17) is 0 Å². The number of nitrogens with zero attached hydrogens (tertiary/aromatic N) is 2. The zero-order valence-electron chi connectivity index (χ0n) is 13.7. The Kier molecular flexibility index (Phi) is 4.68. The van der Waals surface area contributed by atoms with E-state index in [1.807, 2.05) is 4.90 Å². The summed E-state index contributed by atoms with van der Waals surface area (Å²) in [7, 11) is 0. The summed E-state index contributed by atoms with van der Waals surface area (Å²) in [6, 6.07) is 1.95. The van der Waals surface area contributed by atoms with Gasteiger partial charge in [-0.3, -0.25) is 19.1 Å². The summed E-state index contributed by atoms with van der Waals surface area (Å²) >= 11 is 0. The second kappa shape index (κ2) is 6.72. The van der Waals surface area contributed by atoms with Crippen LogP contribution < -0.4 is 11.2 Å². The molecule has 23 heavy (non-hydrogen) atoms. The van der Waals surface area contributed by atoms with Crippen LogP contribution in [0, 0.1) is 5.92 Å². The number of hydrogen-bond donors (Lipinski definition) is 1. The van der Waals surface area contributed by atoms with E-state index < -0.39 is 11.2 Å². The first-order chi connectivity index (χ1) is 11.1. The van der Waals surface area contributed by atoms with Gasteiger partial charge in [0, 0.05) is 24.3 Å². The first-order valence-electron chi connectivity index (χ1n) is 8.69. The molecule has 1 heterocycles. The first kappa shape index (κ1) is 16.0. The second-order valence-corrected chi connectivity index (χ2v) is 6.85. The molecule has 1 amide bonds. The lowest BCUT2D eigenvalue weighted by Crippen LogP contribution is -2.46. The monoisotopic (exact) mass is 319 g/mol. The minimum absolute atomic E-state index is 0.00148. The Morgan fingerprint density at radius 1 is 1.17 bits per heavy atom. The van der Waals surface area contributed by atoms with Gasteiger partial charge in [0.15, 0.2) is 0 Å². The lowest BCUT2D eigenvalue weighted by Gasteiger charge is -2.37. The van der Waals surface area contributed by atoms with Gasteiger partial charge < -0.3 is 4.90 Å². The summed E-state index contributed by atoms with van der Waals surface area (Å²) in [5.41, 5.74) is -0.952. The van der Waals surface area contributed by atoms with E-state index in [9.17, 15) is 14.4 Å². The van der Waals surface area contributed by atoms with Crippen molar-refractivity contribution in [1.29, 1.82) is 0 Å². The predicted octanol–water partition coefficient (Wildman–Crippen LogP) is 1.50. The number of hydrogen-bond acceptors (Lipinski definition) is 3. The lowest BCUT2D eigenvalue weighted by molar-refractivity contribution is -0.135. The van der Waals surface area contributed by atoms with Crippen LogP contribution in [0.1, 0.15) is 51.9 Å². The topological polar surface area (TPSA) is 75.2 Å². The highest BCUT2D eigenvalue weighted by Gasteiger charge is 2.38. The van der Waals surface area contributed by atoms with E-state index in [1.165, 1.54) is 36.1 Å². The van der Waals surface area contributed by atoms with Crippen molar-refractivity contribution in [2.75, 3.05) is 0 Å². The van der Waals surface area contributed by atoms with Crippen molar-refractivity contribution in [3.63, 3.8) is 0 Å². The van der Waals surface area contributed by atoms with Crippen molar-refractivity contribution in [2.45, 2.75) is 70.5 Å². The summed E-state index contributed by atoms with van der Waals surface area (Å²) in [4.78, 5) is 39.9. The van der Waals surface area contributed by atoms with Gasteiger partial charge in [-0.05, 0) is 44.4 Å². The molecule has 3 rings (SSSR count). The van der Waals surface area contributed by atoms with Crippen LogP contribution in [-0.2, 0) is 11.3 Å². The summed E-state index contributed by atoms with van der Waals surface area (Å²) < 4.78 is 1.29. The van der Waals surface area contributed by atoms with Gasteiger partial charge in [-0.15, -0.1) is 0 Å². The molecule has 1 aromatic heterocycles. The van der Waals surface area contributed by atoms with Crippen molar-refractivity contribution >= 4 is 5.91 Å². The van der Waals surface area contributed by atoms with Gasteiger partial charge in [-0.2, -0.15) is 0 Å². The smallest absolute Gasteiger partial charge is 0.328 e. The molecule has 2 aliphatic carbocycles. The van der Waals surface area contributed by atoms with Crippen LogP contribution in [0.5, 0.6) is 0 Å². The molecule has 0 aromatic carbocycles. The van der Waals surface area contributed by atoms with E-state index >= 15 is 0 Å². The zero-order valence-corrected chi connectivity index (χ0v) is 13.7. The van der Waals surface area contributed by atoms with Crippen molar-refractivity contribution < 1.29 is 4.79 Å². The molecule has 2 aliphatic rings.